The Morgan fingerprint density at radius 3 is 1.33 bits per heavy atom. The van der Waals surface area contributed by atoms with Gasteiger partial charge in [0.1, 0.15) is 0 Å². The predicted molar refractivity (Wildman–Crippen MR) is 68.9 cm³/mol. The van der Waals surface area contributed by atoms with Crippen LogP contribution < -0.4 is 0 Å². The molecule has 0 aromatic rings. The van der Waals surface area contributed by atoms with Gasteiger partial charge in [0.2, 0.25) is 0 Å². The van der Waals surface area contributed by atoms with Gasteiger partial charge in [-0.25, -0.2) is 0 Å². The largest absolute Gasteiger partial charge is 0.468 e. The number of hydrogen-bond donors (Lipinski definition) is 0. The molecule has 0 amide bonds. The summed E-state index contributed by atoms with van der Waals surface area (Å²) in [6, 6.07) is 0. The van der Waals surface area contributed by atoms with Crippen LogP contribution in [-0.2, 0) is 38.1 Å². The summed E-state index contributed by atoms with van der Waals surface area (Å²) in [5.74, 6) is -6.34. The zero-order chi connectivity index (χ0) is 16.4. The maximum Gasteiger partial charge on any atom is 0.320 e. The molecular formula is C13H20O8. The molecule has 0 radical (unpaired) electrons. The van der Waals surface area contributed by atoms with E-state index in [0.717, 1.165) is 14.2 Å². The molecule has 0 unspecified atom stereocenters. The summed E-state index contributed by atoms with van der Waals surface area (Å²) in [5, 5.41) is 0. The average molecular weight is 304 g/mol. The Balaban J connectivity index is 5.21. The lowest BCUT2D eigenvalue weighted by Gasteiger charge is -2.18. The summed E-state index contributed by atoms with van der Waals surface area (Å²) in [5.41, 5.74) is 0. The van der Waals surface area contributed by atoms with Crippen molar-refractivity contribution in [3.05, 3.63) is 0 Å². The third-order valence-corrected chi connectivity index (χ3v) is 2.59. The summed E-state index contributed by atoms with van der Waals surface area (Å²) in [7, 11) is 2.17. The fourth-order valence-corrected chi connectivity index (χ4v) is 1.58. The fourth-order valence-electron chi connectivity index (χ4n) is 1.58. The molecule has 120 valence electrons. The molecule has 0 aromatic heterocycles. The lowest BCUT2D eigenvalue weighted by molar-refractivity contribution is -0.165. The minimum absolute atomic E-state index is 0.0514. The summed E-state index contributed by atoms with van der Waals surface area (Å²) in [4.78, 5) is 46.7. The normalized spacial score (nSPS) is 10.2. The Labute approximate surface area is 122 Å². The molecular weight excluding hydrogens is 284 g/mol. The predicted octanol–water partition coefficient (Wildman–Crippen LogP) is 0.0811. The van der Waals surface area contributed by atoms with E-state index in [-0.39, 0.29) is 13.2 Å². The van der Waals surface area contributed by atoms with Gasteiger partial charge in [0, 0.05) is 0 Å². The minimum atomic E-state index is -1.40. The van der Waals surface area contributed by atoms with Gasteiger partial charge in [-0.3, -0.25) is 19.2 Å². The van der Waals surface area contributed by atoms with Crippen molar-refractivity contribution in [3.8, 4) is 0 Å². The second-order valence-corrected chi connectivity index (χ2v) is 3.89. The lowest BCUT2D eigenvalue weighted by Crippen LogP contribution is -2.35. The smallest absolute Gasteiger partial charge is 0.320 e. The van der Waals surface area contributed by atoms with Crippen LogP contribution in [0.2, 0.25) is 0 Å². The molecule has 8 nitrogen and oxygen atoms in total. The van der Waals surface area contributed by atoms with E-state index < -0.39 is 42.1 Å². The van der Waals surface area contributed by atoms with E-state index in [2.05, 4.69) is 9.47 Å². The molecule has 8 heteroatoms. The molecule has 0 aliphatic heterocycles. The van der Waals surface area contributed by atoms with E-state index in [9.17, 15) is 19.2 Å². The Kier molecular flexibility index (Phi) is 8.75. The molecule has 0 aliphatic carbocycles. The van der Waals surface area contributed by atoms with Crippen molar-refractivity contribution in [3.63, 3.8) is 0 Å². The Morgan fingerprint density at radius 1 is 0.714 bits per heavy atom. The lowest BCUT2D eigenvalue weighted by atomic mass is 9.94. The second kappa shape index (κ2) is 9.73. The topological polar surface area (TPSA) is 105 Å². The van der Waals surface area contributed by atoms with Crippen LogP contribution >= 0.6 is 0 Å². The van der Waals surface area contributed by atoms with Gasteiger partial charge < -0.3 is 18.9 Å². The molecule has 0 spiro atoms. The molecule has 0 aromatic carbocycles. The number of rotatable bonds is 8. The minimum Gasteiger partial charge on any atom is -0.468 e. The molecule has 0 rings (SSSR count). The molecule has 0 N–H and O–H groups in total. The Hall–Kier alpha value is -2.12. The average Bonchev–Trinajstić information content (AvgIpc) is 2.47. The van der Waals surface area contributed by atoms with Crippen LogP contribution in [0.5, 0.6) is 0 Å². The van der Waals surface area contributed by atoms with Gasteiger partial charge in [0.15, 0.2) is 11.8 Å². The van der Waals surface area contributed by atoms with E-state index >= 15 is 0 Å². The maximum atomic E-state index is 11.8. The highest BCUT2D eigenvalue weighted by molar-refractivity contribution is 5.99. The Bertz CT molecular complexity index is 356. The van der Waals surface area contributed by atoms with E-state index in [4.69, 9.17) is 9.47 Å². The molecule has 0 saturated carbocycles. The zero-order valence-electron chi connectivity index (χ0n) is 12.5. The van der Waals surface area contributed by atoms with E-state index in [0.29, 0.717) is 0 Å². The highest BCUT2D eigenvalue weighted by Gasteiger charge is 2.39. The number of ether oxygens (including phenoxy) is 4. The van der Waals surface area contributed by atoms with Crippen molar-refractivity contribution < 1.29 is 38.1 Å². The molecule has 0 atom stereocenters. The summed E-state index contributed by atoms with van der Waals surface area (Å²) < 4.78 is 18.5. The summed E-state index contributed by atoms with van der Waals surface area (Å²) in [6.45, 7) is 3.24. The van der Waals surface area contributed by atoms with Gasteiger partial charge in [-0.15, -0.1) is 0 Å². The second-order valence-electron chi connectivity index (χ2n) is 3.89. The van der Waals surface area contributed by atoms with Crippen molar-refractivity contribution in [2.45, 2.75) is 20.3 Å². The Morgan fingerprint density at radius 2 is 1.05 bits per heavy atom. The van der Waals surface area contributed by atoms with E-state index in [1.54, 1.807) is 13.8 Å². The quantitative estimate of drug-likeness (QED) is 0.353. The van der Waals surface area contributed by atoms with Crippen molar-refractivity contribution in [2.75, 3.05) is 27.4 Å². The van der Waals surface area contributed by atoms with Crippen molar-refractivity contribution in [1.29, 1.82) is 0 Å². The van der Waals surface area contributed by atoms with E-state index in [1.807, 2.05) is 0 Å². The summed E-state index contributed by atoms with van der Waals surface area (Å²) in [6.07, 6.45) is -0.434. The van der Waals surface area contributed by atoms with Gasteiger partial charge in [0.25, 0.3) is 0 Å². The van der Waals surface area contributed by atoms with Crippen LogP contribution in [0.15, 0.2) is 0 Å². The van der Waals surface area contributed by atoms with Gasteiger partial charge in [-0.2, -0.15) is 0 Å². The van der Waals surface area contributed by atoms with E-state index in [1.165, 1.54) is 0 Å². The van der Waals surface area contributed by atoms with Crippen LogP contribution in [0.25, 0.3) is 0 Å². The van der Waals surface area contributed by atoms with Gasteiger partial charge in [-0.1, -0.05) is 0 Å². The highest BCUT2D eigenvalue weighted by Crippen LogP contribution is 2.19. The van der Waals surface area contributed by atoms with Crippen LogP contribution in [-0.4, -0.2) is 51.3 Å². The first-order valence-corrected chi connectivity index (χ1v) is 6.41. The molecule has 0 heterocycles. The van der Waals surface area contributed by atoms with Gasteiger partial charge in [0.05, 0.1) is 27.4 Å². The van der Waals surface area contributed by atoms with Crippen LogP contribution in [0.1, 0.15) is 20.3 Å². The van der Waals surface area contributed by atoms with Crippen molar-refractivity contribution in [2.24, 2.45) is 11.8 Å². The third-order valence-electron chi connectivity index (χ3n) is 2.59. The number of hydrogen-bond acceptors (Lipinski definition) is 8. The van der Waals surface area contributed by atoms with Crippen LogP contribution in [0.4, 0.5) is 0 Å². The highest BCUT2D eigenvalue weighted by atomic mass is 16.6. The van der Waals surface area contributed by atoms with Crippen molar-refractivity contribution >= 4 is 23.9 Å². The first kappa shape index (κ1) is 18.9. The number of esters is 4. The molecule has 0 fully saturated rings. The SMILES string of the molecule is CCOC(=O)C(CC(C(=O)OC)C(=O)OC)C(=O)OCC. The molecule has 0 aliphatic rings. The fraction of sp³-hybridized carbons (Fsp3) is 0.692. The maximum absolute atomic E-state index is 11.8. The number of carbonyl (C=O) groups is 4. The van der Waals surface area contributed by atoms with Crippen molar-refractivity contribution in [1.82, 2.24) is 0 Å². The number of methoxy groups -OCH3 is 2. The molecule has 21 heavy (non-hydrogen) atoms. The van der Waals surface area contributed by atoms with Crippen LogP contribution in [0, 0.1) is 11.8 Å². The standard InChI is InChI=1S/C13H20O8/c1-5-20-12(16)9(13(17)21-6-2)7-8(10(14)18-3)11(15)19-4/h8-9H,5-7H2,1-4H3. The van der Waals surface area contributed by atoms with Gasteiger partial charge in [-0.05, 0) is 20.3 Å². The molecule has 0 bridgehead atoms. The summed E-state index contributed by atoms with van der Waals surface area (Å²) >= 11 is 0. The molecule has 0 saturated heterocycles. The van der Waals surface area contributed by atoms with Gasteiger partial charge >= 0.3 is 23.9 Å². The number of carbonyl (C=O) groups excluding carboxylic acids is 4. The first-order chi connectivity index (χ1) is 9.92. The van der Waals surface area contributed by atoms with Crippen LogP contribution in [0.3, 0.4) is 0 Å². The first-order valence-electron chi connectivity index (χ1n) is 6.41. The third kappa shape index (κ3) is 5.80. The zero-order valence-corrected chi connectivity index (χ0v) is 12.5. The monoisotopic (exact) mass is 304 g/mol.